The van der Waals surface area contributed by atoms with Gasteiger partial charge in [-0.2, -0.15) is 0 Å². The summed E-state index contributed by atoms with van der Waals surface area (Å²) in [6.07, 6.45) is 1.78. The quantitative estimate of drug-likeness (QED) is 0.461. The van der Waals surface area contributed by atoms with E-state index in [1.165, 1.54) is 6.08 Å². The zero-order valence-electron chi connectivity index (χ0n) is 6.59. The van der Waals surface area contributed by atoms with E-state index in [0.29, 0.717) is 13.1 Å². The minimum absolute atomic E-state index is 0.184. The number of hydrogen-bond donors (Lipinski definition) is 2. The van der Waals surface area contributed by atoms with E-state index in [9.17, 15) is 9.59 Å². The number of Topliss-reactive ketones (excluding diaryl/α,β-unsaturated/α-hetero) is 1. The van der Waals surface area contributed by atoms with Gasteiger partial charge in [-0.05, 0) is 0 Å². The summed E-state index contributed by atoms with van der Waals surface area (Å²) < 4.78 is 0. The summed E-state index contributed by atoms with van der Waals surface area (Å²) in [6.45, 7) is 1.47. The second-order valence-electron chi connectivity index (χ2n) is 3.10. The van der Waals surface area contributed by atoms with Gasteiger partial charge in [-0.25, -0.2) is 0 Å². The summed E-state index contributed by atoms with van der Waals surface area (Å²) in [4.78, 5) is 22.0. The van der Waals surface area contributed by atoms with Gasteiger partial charge >= 0.3 is 0 Å². The Morgan fingerprint density at radius 1 is 1.42 bits per heavy atom. The highest BCUT2D eigenvalue weighted by atomic mass is 16.2. The summed E-state index contributed by atoms with van der Waals surface area (Å²) in [7, 11) is 0. The molecule has 0 aromatic heterocycles. The van der Waals surface area contributed by atoms with Gasteiger partial charge in [0, 0.05) is 30.7 Å². The Morgan fingerprint density at radius 2 is 2.25 bits per heavy atom. The average molecular weight is 166 g/mol. The molecule has 2 rings (SSSR count). The number of rotatable bonds is 0. The number of fused-ring (bicyclic) bond motifs is 1. The molecule has 0 saturated carbocycles. The summed E-state index contributed by atoms with van der Waals surface area (Å²) in [5.74, 6) is -0.450. The third-order valence-electron chi connectivity index (χ3n) is 2.24. The van der Waals surface area contributed by atoms with Crippen LogP contribution >= 0.6 is 0 Å². The average Bonchev–Trinajstić information content (AvgIpc) is 2.07. The Balaban J connectivity index is 2.25. The van der Waals surface area contributed by atoms with Crippen molar-refractivity contribution < 1.29 is 9.59 Å². The van der Waals surface area contributed by atoms with Crippen molar-refractivity contribution in [2.45, 2.75) is 6.42 Å². The fourth-order valence-corrected chi connectivity index (χ4v) is 1.56. The molecule has 12 heavy (non-hydrogen) atoms. The molecular formula is C8H10N2O2. The van der Waals surface area contributed by atoms with Gasteiger partial charge in [0.1, 0.15) is 0 Å². The second-order valence-corrected chi connectivity index (χ2v) is 3.10. The van der Waals surface area contributed by atoms with Crippen LogP contribution in [-0.4, -0.2) is 24.8 Å². The van der Waals surface area contributed by atoms with Gasteiger partial charge in [0.15, 0.2) is 0 Å². The van der Waals surface area contributed by atoms with E-state index in [1.54, 1.807) is 0 Å². The first-order valence-corrected chi connectivity index (χ1v) is 4.00. The molecule has 1 unspecified atom stereocenters. The molecule has 1 atom stereocenters. The highest BCUT2D eigenvalue weighted by Crippen LogP contribution is 2.19. The van der Waals surface area contributed by atoms with Crippen LogP contribution in [0.1, 0.15) is 6.42 Å². The van der Waals surface area contributed by atoms with Crippen molar-refractivity contribution in [1.82, 2.24) is 10.6 Å². The Kier molecular flexibility index (Phi) is 1.69. The zero-order valence-corrected chi connectivity index (χ0v) is 6.59. The molecule has 2 N–H and O–H groups in total. The van der Waals surface area contributed by atoms with E-state index < -0.39 is 0 Å². The summed E-state index contributed by atoms with van der Waals surface area (Å²) in [5.41, 5.74) is 0.915. The van der Waals surface area contributed by atoms with Crippen LogP contribution in [0.5, 0.6) is 0 Å². The largest absolute Gasteiger partial charge is 0.375 e. The fourth-order valence-electron chi connectivity index (χ4n) is 1.56. The molecule has 0 aromatic carbocycles. The first kappa shape index (κ1) is 7.49. The van der Waals surface area contributed by atoms with Crippen LogP contribution in [0.25, 0.3) is 0 Å². The molecule has 4 nitrogen and oxygen atoms in total. The lowest BCUT2D eigenvalue weighted by atomic mass is 9.89. The van der Waals surface area contributed by atoms with Gasteiger partial charge in [-0.3, -0.25) is 14.9 Å². The van der Waals surface area contributed by atoms with Crippen LogP contribution < -0.4 is 10.6 Å². The standard InChI is InChI=1S/C8H10N2O2/c11-7-1-5-3-9-4-10-6(5)2-8(7)12/h2,5,9-10H,1,3-4H2. The van der Waals surface area contributed by atoms with Crippen LogP contribution in [0.4, 0.5) is 0 Å². The normalized spacial score (nSPS) is 29.0. The van der Waals surface area contributed by atoms with Crippen molar-refractivity contribution in [3.05, 3.63) is 11.8 Å². The molecule has 0 amide bonds. The Bertz CT molecular complexity index is 270. The second kappa shape index (κ2) is 2.71. The minimum Gasteiger partial charge on any atom is -0.375 e. The number of carbonyl (C=O) groups excluding carboxylic acids is 2. The van der Waals surface area contributed by atoms with Crippen molar-refractivity contribution in [3.63, 3.8) is 0 Å². The zero-order chi connectivity index (χ0) is 8.55. The molecule has 1 fully saturated rings. The lowest BCUT2D eigenvalue weighted by molar-refractivity contribution is -0.135. The molecule has 4 heteroatoms. The Morgan fingerprint density at radius 3 is 3.08 bits per heavy atom. The number of carbonyl (C=O) groups is 2. The van der Waals surface area contributed by atoms with Crippen LogP contribution in [0.15, 0.2) is 11.8 Å². The fraction of sp³-hybridized carbons (Fsp3) is 0.500. The molecule has 0 aromatic rings. The molecule has 64 valence electrons. The Labute approximate surface area is 70.0 Å². The van der Waals surface area contributed by atoms with Crippen LogP contribution in [0.2, 0.25) is 0 Å². The van der Waals surface area contributed by atoms with E-state index in [0.717, 1.165) is 12.2 Å². The van der Waals surface area contributed by atoms with Crippen molar-refractivity contribution >= 4 is 11.6 Å². The maximum Gasteiger partial charge on any atom is 0.223 e. The van der Waals surface area contributed by atoms with Crippen molar-refractivity contribution in [3.8, 4) is 0 Å². The molecular weight excluding hydrogens is 156 g/mol. The molecule has 0 radical (unpaired) electrons. The van der Waals surface area contributed by atoms with Crippen molar-refractivity contribution in [1.29, 1.82) is 0 Å². The number of allylic oxidation sites excluding steroid dienone is 1. The third kappa shape index (κ3) is 1.14. The maximum absolute atomic E-state index is 11.0. The van der Waals surface area contributed by atoms with Gasteiger partial charge in [-0.15, -0.1) is 0 Å². The Hall–Kier alpha value is -1.16. The van der Waals surface area contributed by atoms with Crippen molar-refractivity contribution in [2.24, 2.45) is 5.92 Å². The summed E-state index contributed by atoms with van der Waals surface area (Å²) >= 11 is 0. The molecule has 1 aliphatic carbocycles. The molecule has 1 saturated heterocycles. The number of nitrogens with one attached hydrogen (secondary N) is 2. The van der Waals surface area contributed by atoms with E-state index in [1.807, 2.05) is 0 Å². The van der Waals surface area contributed by atoms with Gasteiger partial charge in [-0.1, -0.05) is 0 Å². The number of ketones is 2. The highest BCUT2D eigenvalue weighted by Gasteiger charge is 2.29. The lowest BCUT2D eigenvalue weighted by Gasteiger charge is -2.29. The van der Waals surface area contributed by atoms with Gasteiger partial charge in [0.2, 0.25) is 11.6 Å². The van der Waals surface area contributed by atoms with E-state index >= 15 is 0 Å². The first-order valence-electron chi connectivity index (χ1n) is 4.00. The highest BCUT2D eigenvalue weighted by molar-refractivity contribution is 6.42. The molecule has 1 heterocycles. The number of hydrogen-bond acceptors (Lipinski definition) is 4. The molecule has 1 aliphatic heterocycles. The molecule has 0 bridgehead atoms. The molecule has 0 spiro atoms. The van der Waals surface area contributed by atoms with Gasteiger partial charge < -0.3 is 5.32 Å². The summed E-state index contributed by atoms with van der Waals surface area (Å²) in [6, 6.07) is 0. The predicted molar refractivity (Wildman–Crippen MR) is 42.2 cm³/mol. The van der Waals surface area contributed by atoms with Gasteiger partial charge in [0.25, 0.3) is 0 Å². The maximum atomic E-state index is 11.0. The lowest BCUT2D eigenvalue weighted by Crippen LogP contribution is -2.45. The third-order valence-corrected chi connectivity index (χ3v) is 2.24. The van der Waals surface area contributed by atoms with Gasteiger partial charge in [0.05, 0.1) is 6.67 Å². The monoisotopic (exact) mass is 166 g/mol. The van der Waals surface area contributed by atoms with Crippen LogP contribution in [0, 0.1) is 5.92 Å². The van der Waals surface area contributed by atoms with E-state index in [2.05, 4.69) is 10.6 Å². The minimum atomic E-state index is -0.365. The van der Waals surface area contributed by atoms with E-state index in [4.69, 9.17) is 0 Å². The topological polar surface area (TPSA) is 58.2 Å². The van der Waals surface area contributed by atoms with Crippen molar-refractivity contribution in [2.75, 3.05) is 13.2 Å². The molecule has 2 aliphatic rings. The SMILES string of the molecule is O=C1C=C2NCNCC2CC1=O. The first-order chi connectivity index (χ1) is 5.77. The smallest absolute Gasteiger partial charge is 0.223 e. The van der Waals surface area contributed by atoms with Crippen LogP contribution in [-0.2, 0) is 9.59 Å². The van der Waals surface area contributed by atoms with E-state index in [-0.39, 0.29) is 17.5 Å². The van der Waals surface area contributed by atoms with Crippen LogP contribution in [0.3, 0.4) is 0 Å². The predicted octanol–water partition coefficient (Wildman–Crippen LogP) is -0.821. The summed E-state index contributed by atoms with van der Waals surface area (Å²) in [5, 5.41) is 6.15.